The standard InChI is InChI=1S/C25H19BrN2O5/c1-30-20-4-2-3-5-21(20)31-14-23(29)32-17-10-11-18-22(12-17)33-25(28)19(13-27)24(18)15-6-8-16(26)9-7-15/h2-12,24H,14,28H2,1H3. The maximum absolute atomic E-state index is 12.3. The van der Waals surface area contributed by atoms with Crippen LogP contribution in [0, 0.1) is 11.3 Å². The van der Waals surface area contributed by atoms with Gasteiger partial charge in [-0.1, -0.05) is 46.3 Å². The van der Waals surface area contributed by atoms with Gasteiger partial charge in [-0.2, -0.15) is 5.26 Å². The van der Waals surface area contributed by atoms with Crippen LogP contribution in [0.2, 0.25) is 0 Å². The summed E-state index contributed by atoms with van der Waals surface area (Å²) in [6.07, 6.45) is 0. The molecule has 0 saturated carbocycles. The van der Waals surface area contributed by atoms with Crippen LogP contribution in [0.4, 0.5) is 0 Å². The van der Waals surface area contributed by atoms with Crippen LogP contribution in [0.25, 0.3) is 0 Å². The third-order valence-electron chi connectivity index (χ3n) is 5.04. The van der Waals surface area contributed by atoms with Crippen LogP contribution in [-0.2, 0) is 4.79 Å². The number of hydrogen-bond donors (Lipinski definition) is 1. The van der Waals surface area contributed by atoms with Crippen molar-refractivity contribution in [1.82, 2.24) is 0 Å². The Kier molecular flexibility index (Phi) is 6.52. The molecule has 1 heterocycles. The topological polar surface area (TPSA) is 104 Å². The predicted molar refractivity (Wildman–Crippen MR) is 124 cm³/mol. The summed E-state index contributed by atoms with van der Waals surface area (Å²) in [7, 11) is 1.52. The summed E-state index contributed by atoms with van der Waals surface area (Å²) in [4.78, 5) is 12.3. The van der Waals surface area contributed by atoms with E-state index in [1.54, 1.807) is 42.5 Å². The number of nitrogens with zero attached hydrogens (tertiary/aromatic N) is 1. The molecule has 7 nitrogen and oxygen atoms in total. The molecule has 1 aliphatic rings. The van der Waals surface area contributed by atoms with Crippen LogP contribution in [0.1, 0.15) is 17.0 Å². The average molecular weight is 507 g/mol. The van der Waals surface area contributed by atoms with Crippen molar-refractivity contribution in [3.63, 3.8) is 0 Å². The van der Waals surface area contributed by atoms with Crippen molar-refractivity contribution in [1.29, 1.82) is 5.26 Å². The van der Waals surface area contributed by atoms with E-state index in [0.29, 0.717) is 22.8 Å². The highest BCUT2D eigenvalue weighted by Gasteiger charge is 2.31. The van der Waals surface area contributed by atoms with Gasteiger partial charge < -0.3 is 24.7 Å². The Morgan fingerprint density at radius 1 is 1.12 bits per heavy atom. The molecule has 1 aliphatic heterocycles. The maximum Gasteiger partial charge on any atom is 0.349 e. The van der Waals surface area contributed by atoms with Crippen LogP contribution >= 0.6 is 15.9 Å². The molecule has 1 unspecified atom stereocenters. The molecule has 3 aromatic carbocycles. The second-order valence-electron chi connectivity index (χ2n) is 7.09. The molecule has 8 heteroatoms. The Morgan fingerprint density at radius 3 is 2.55 bits per heavy atom. The number of benzene rings is 3. The number of halogens is 1. The molecule has 1 atom stereocenters. The van der Waals surface area contributed by atoms with Crippen LogP contribution < -0.4 is 24.7 Å². The monoisotopic (exact) mass is 506 g/mol. The Morgan fingerprint density at radius 2 is 1.85 bits per heavy atom. The van der Waals surface area contributed by atoms with E-state index >= 15 is 0 Å². The fourth-order valence-corrected chi connectivity index (χ4v) is 3.80. The lowest BCUT2D eigenvalue weighted by Gasteiger charge is -2.26. The predicted octanol–water partition coefficient (Wildman–Crippen LogP) is 4.66. The summed E-state index contributed by atoms with van der Waals surface area (Å²) in [6.45, 7) is -0.305. The van der Waals surface area contributed by atoms with Crippen molar-refractivity contribution >= 4 is 21.9 Å². The Hall–Kier alpha value is -3.96. The summed E-state index contributed by atoms with van der Waals surface area (Å²) in [5, 5.41) is 9.67. The molecule has 0 aromatic heterocycles. The Bertz CT molecular complexity index is 1260. The molecule has 0 amide bonds. The van der Waals surface area contributed by atoms with Crippen molar-refractivity contribution in [3.05, 3.63) is 93.8 Å². The molecule has 0 spiro atoms. The minimum atomic E-state index is -0.595. The molecule has 0 fully saturated rings. The fourth-order valence-electron chi connectivity index (χ4n) is 3.53. The van der Waals surface area contributed by atoms with E-state index in [1.165, 1.54) is 7.11 Å². The zero-order valence-corrected chi connectivity index (χ0v) is 19.2. The van der Waals surface area contributed by atoms with Gasteiger partial charge in [0.15, 0.2) is 18.1 Å². The van der Waals surface area contributed by atoms with Crippen LogP contribution in [0.15, 0.2) is 82.7 Å². The van der Waals surface area contributed by atoms with E-state index in [4.69, 9.17) is 24.7 Å². The van der Waals surface area contributed by atoms with E-state index in [-0.39, 0.29) is 18.2 Å². The van der Waals surface area contributed by atoms with E-state index < -0.39 is 11.9 Å². The lowest BCUT2D eigenvalue weighted by Crippen LogP contribution is -2.21. The number of rotatable bonds is 6. The number of carbonyl (C=O) groups excluding carboxylic acids is 1. The first-order chi connectivity index (χ1) is 16.0. The quantitative estimate of drug-likeness (QED) is 0.382. The molecule has 0 saturated heterocycles. The SMILES string of the molecule is COc1ccccc1OCC(=O)Oc1ccc2c(c1)OC(N)=C(C#N)C2c1ccc(Br)cc1. The highest BCUT2D eigenvalue weighted by Crippen LogP contribution is 2.43. The number of nitriles is 1. The number of hydrogen-bond acceptors (Lipinski definition) is 7. The van der Waals surface area contributed by atoms with Gasteiger partial charge in [-0.15, -0.1) is 0 Å². The highest BCUT2D eigenvalue weighted by atomic mass is 79.9. The maximum atomic E-state index is 12.3. The van der Waals surface area contributed by atoms with Gasteiger partial charge in [0.1, 0.15) is 23.1 Å². The molecule has 0 aliphatic carbocycles. The van der Waals surface area contributed by atoms with Gasteiger partial charge >= 0.3 is 5.97 Å². The first-order valence-corrected chi connectivity index (χ1v) is 10.7. The van der Waals surface area contributed by atoms with Gasteiger partial charge in [0, 0.05) is 16.1 Å². The molecule has 3 aromatic rings. The number of para-hydroxylation sites is 2. The average Bonchev–Trinajstić information content (AvgIpc) is 2.82. The Balaban J connectivity index is 1.54. The van der Waals surface area contributed by atoms with Gasteiger partial charge in [-0.3, -0.25) is 0 Å². The molecule has 0 radical (unpaired) electrons. The molecular weight excluding hydrogens is 488 g/mol. The second kappa shape index (κ2) is 9.67. The van der Waals surface area contributed by atoms with E-state index in [2.05, 4.69) is 22.0 Å². The summed E-state index contributed by atoms with van der Waals surface area (Å²) in [6, 6.07) is 21.8. The van der Waals surface area contributed by atoms with Gasteiger partial charge in [-0.25, -0.2) is 4.79 Å². The first kappa shape index (κ1) is 22.2. The van der Waals surface area contributed by atoms with E-state index in [0.717, 1.165) is 15.6 Å². The summed E-state index contributed by atoms with van der Waals surface area (Å²) >= 11 is 3.42. The zero-order valence-electron chi connectivity index (χ0n) is 17.6. The lowest BCUT2D eigenvalue weighted by atomic mass is 9.83. The molecule has 33 heavy (non-hydrogen) atoms. The van der Waals surface area contributed by atoms with E-state index in [9.17, 15) is 10.1 Å². The Labute approximate surface area is 199 Å². The number of methoxy groups -OCH3 is 1. The number of esters is 1. The van der Waals surface area contributed by atoms with Crippen molar-refractivity contribution in [2.24, 2.45) is 5.73 Å². The minimum absolute atomic E-state index is 0.0147. The normalized spacial score (nSPS) is 14.5. The van der Waals surface area contributed by atoms with Crippen molar-refractivity contribution in [2.75, 3.05) is 13.7 Å². The number of carbonyl (C=O) groups is 1. The minimum Gasteiger partial charge on any atom is -0.493 e. The molecule has 2 N–H and O–H groups in total. The van der Waals surface area contributed by atoms with Crippen molar-refractivity contribution < 1.29 is 23.7 Å². The first-order valence-electron chi connectivity index (χ1n) is 9.93. The molecule has 0 bridgehead atoms. The van der Waals surface area contributed by atoms with Gasteiger partial charge in [-0.05, 0) is 35.9 Å². The van der Waals surface area contributed by atoms with Crippen molar-refractivity contribution in [3.8, 4) is 29.1 Å². The largest absolute Gasteiger partial charge is 0.493 e. The second-order valence-corrected chi connectivity index (χ2v) is 8.01. The van der Waals surface area contributed by atoms with Gasteiger partial charge in [0.05, 0.1) is 13.0 Å². The fraction of sp³-hybridized carbons (Fsp3) is 0.120. The highest BCUT2D eigenvalue weighted by molar-refractivity contribution is 9.10. The molecular formula is C25H19BrN2O5. The summed E-state index contributed by atoms with van der Waals surface area (Å²) in [5.41, 5.74) is 7.99. The third-order valence-corrected chi connectivity index (χ3v) is 5.57. The number of allylic oxidation sites excluding steroid dienone is 1. The number of nitrogens with two attached hydrogens (primary N) is 1. The summed E-state index contributed by atoms with van der Waals surface area (Å²) in [5.74, 6) is 0.654. The summed E-state index contributed by atoms with van der Waals surface area (Å²) < 4.78 is 22.7. The third kappa shape index (κ3) is 4.78. The zero-order chi connectivity index (χ0) is 23.4. The van der Waals surface area contributed by atoms with Gasteiger partial charge in [0.2, 0.25) is 5.88 Å². The molecule has 4 rings (SSSR count). The number of ether oxygens (including phenoxy) is 4. The molecule has 166 valence electrons. The number of fused-ring (bicyclic) bond motifs is 1. The smallest absolute Gasteiger partial charge is 0.349 e. The lowest BCUT2D eigenvalue weighted by molar-refractivity contribution is -0.136. The van der Waals surface area contributed by atoms with Crippen LogP contribution in [-0.4, -0.2) is 19.7 Å². The van der Waals surface area contributed by atoms with Crippen molar-refractivity contribution in [2.45, 2.75) is 5.92 Å². The van der Waals surface area contributed by atoms with Crippen LogP contribution in [0.3, 0.4) is 0 Å². The van der Waals surface area contributed by atoms with E-state index in [1.807, 2.05) is 24.3 Å². The van der Waals surface area contributed by atoms with Crippen LogP contribution in [0.5, 0.6) is 23.0 Å². The van der Waals surface area contributed by atoms with Gasteiger partial charge in [0.25, 0.3) is 0 Å².